The number of aliphatic imine (C=N–C) groups is 1. The highest BCUT2D eigenvalue weighted by atomic mass is 16.5. The number of hydrogen-bond donors (Lipinski definition) is 2. The number of guanidine groups is 1. The van der Waals surface area contributed by atoms with Crippen LogP contribution in [0.1, 0.15) is 25.0 Å². The van der Waals surface area contributed by atoms with E-state index in [-0.39, 0.29) is 5.91 Å². The van der Waals surface area contributed by atoms with Crippen molar-refractivity contribution >= 4 is 11.9 Å². The van der Waals surface area contributed by atoms with Gasteiger partial charge in [-0.2, -0.15) is 0 Å². The largest absolute Gasteiger partial charge is 0.469 e. The fourth-order valence-corrected chi connectivity index (χ4v) is 3.78. The molecule has 3 fully saturated rings. The maximum absolute atomic E-state index is 12.1. The van der Waals surface area contributed by atoms with Gasteiger partial charge in [-0.3, -0.25) is 14.7 Å². The summed E-state index contributed by atoms with van der Waals surface area (Å²) in [4.78, 5) is 21.5. The number of amides is 1. The maximum atomic E-state index is 12.1. The molecule has 4 rings (SSSR count). The van der Waals surface area contributed by atoms with Crippen molar-refractivity contribution in [2.45, 2.75) is 31.7 Å². The Bertz CT molecular complexity index is 660. The average molecular weight is 404 g/mol. The molecular formula is C21H33N5O3. The Morgan fingerprint density at radius 1 is 1.21 bits per heavy atom. The van der Waals surface area contributed by atoms with Crippen LogP contribution in [-0.4, -0.2) is 86.7 Å². The van der Waals surface area contributed by atoms with E-state index in [1.165, 1.54) is 0 Å². The first-order valence-corrected chi connectivity index (χ1v) is 10.9. The van der Waals surface area contributed by atoms with Crippen molar-refractivity contribution in [1.82, 2.24) is 20.4 Å². The van der Waals surface area contributed by atoms with Gasteiger partial charge in [-0.25, -0.2) is 0 Å². The van der Waals surface area contributed by atoms with Crippen molar-refractivity contribution in [3.8, 4) is 0 Å². The Morgan fingerprint density at radius 2 is 2.07 bits per heavy atom. The molecule has 2 N–H and O–H groups in total. The van der Waals surface area contributed by atoms with Crippen LogP contribution in [0.3, 0.4) is 0 Å². The van der Waals surface area contributed by atoms with Crippen LogP contribution in [0.2, 0.25) is 0 Å². The van der Waals surface area contributed by atoms with E-state index >= 15 is 0 Å². The molecule has 1 aromatic rings. The van der Waals surface area contributed by atoms with E-state index in [0.29, 0.717) is 18.5 Å². The predicted molar refractivity (Wildman–Crippen MR) is 111 cm³/mol. The minimum Gasteiger partial charge on any atom is -0.469 e. The Hall–Kier alpha value is -2.06. The van der Waals surface area contributed by atoms with Gasteiger partial charge < -0.3 is 24.7 Å². The average Bonchev–Trinajstić information content (AvgIpc) is 3.18. The smallest absolute Gasteiger partial charge is 0.234 e. The van der Waals surface area contributed by atoms with E-state index in [2.05, 4.69) is 20.4 Å². The molecule has 8 nitrogen and oxygen atoms in total. The Morgan fingerprint density at radius 3 is 2.76 bits per heavy atom. The molecule has 1 saturated carbocycles. The SMILES string of the molecule is O=C(CN1CCN(C(=NCC2CCOC2)NCCc2ccco2)CC1)NC1CC1. The van der Waals surface area contributed by atoms with Gasteiger partial charge in [-0.05, 0) is 31.4 Å². The fraction of sp³-hybridized carbons (Fsp3) is 0.714. The summed E-state index contributed by atoms with van der Waals surface area (Å²) in [6.45, 7) is 7.27. The van der Waals surface area contributed by atoms with Crippen LogP contribution in [-0.2, 0) is 16.0 Å². The second kappa shape index (κ2) is 10.1. The molecule has 0 aromatic carbocycles. The van der Waals surface area contributed by atoms with E-state index in [4.69, 9.17) is 14.1 Å². The second-order valence-electron chi connectivity index (χ2n) is 8.26. The van der Waals surface area contributed by atoms with Gasteiger partial charge in [0, 0.05) is 64.3 Å². The zero-order valence-electron chi connectivity index (χ0n) is 17.1. The van der Waals surface area contributed by atoms with Crippen LogP contribution in [0.4, 0.5) is 0 Å². The summed E-state index contributed by atoms with van der Waals surface area (Å²) in [5, 5.41) is 6.60. The number of piperazine rings is 1. The van der Waals surface area contributed by atoms with Crippen LogP contribution >= 0.6 is 0 Å². The summed E-state index contributed by atoms with van der Waals surface area (Å²) in [6, 6.07) is 4.35. The van der Waals surface area contributed by atoms with Crippen molar-refractivity contribution in [1.29, 1.82) is 0 Å². The molecule has 3 heterocycles. The van der Waals surface area contributed by atoms with E-state index < -0.39 is 0 Å². The quantitative estimate of drug-likeness (QED) is 0.491. The Balaban J connectivity index is 1.26. The molecule has 3 aliphatic rings. The normalized spacial score (nSPS) is 23.4. The highest BCUT2D eigenvalue weighted by molar-refractivity contribution is 5.80. The molecule has 1 amide bonds. The van der Waals surface area contributed by atoms with Gasteiger partial charge in [-0.15, -0.1) is 0 Å². The summed E-state index contributed by atoms with van der Waals surface area (Å²) in [6.07, 6.45) is 5.90. The highest BCUT2D eigenvalue weighted by Crippen LogP contribution is 2.18. The van der Waals surface area contributed by atoms with Gasteiger partial charge in [0.05, 0.1) is 19.4 Å². The molecule has 0 spiro atoms. The van der Waals surface area contributed by atoms with E-state index in [9.17, 15) is 4.79 Å². The molecule has 0 bridgehead atoms. The standard InChI is InChI=1S/C21H33N5O3/c27-20(24-18-3-4-18)15-25-8-10-26(11-9-25)21(23-14-17-6-13-28-16-17)22-7-5-19-2-1-12-29-19/h1-2,12,17-18H,3-11,13-16H2,(H,22,23)(H,24,27). The Kier molecular flexibility index (Phi) is 7.05. The lowest BCUT2D eigenvalue weighted by atomic mass is 10.1. The zero-order valence-corrected chi connectivity index (χ0v) is 17.1. The maximum Gasteiger partial charge on any atom is 0.234 e. The number of carbonyl (C=O) groups excluding carboxylic acids is 1. The summed E-state index contributed by atoms with van der Waals surface area (Å²) in [7, 11) is 0. The number of carbonyl (C=O) groups is 1. The van der Waals surface area contributed by atoms with Gasteiger partial charge >= 0.3 is 0 Å². The molecule has 2 aliphatic heterocycles. The number of nitrogens with one attached hydrogen (secondary N) is 2. The monoisotopic (exact) mass is 403 g/mol. The van der Waals surface area contributed by atoms with Crippen LogP contribution in [0, 0.1) is 5.92 Å². The first-order chi connectivity index (χ1) is 14.3. The molecule has 2 saturated heterocycles. The third-order valence-electron chi connectivity index (χ3n) is 5.74. The molecule has 1 unspecified atom stereocenters. The summed E-state index contributed by atoms with van der Waals surface area (Å²) in [5.74, 6) is 2.62. The molecule has 1 aliphatic carbocycles. The van der Waals surface area contributed by atoms with Crippen molar-refractivity contribution in [2.24, 2.45) is 10.9 Å². The predicted octanol–water partition coefficient (Wildman–Crippen LogP) is 0.700. The van der Waals surface area contributed by atoms with Crippen molar-refractivity contribution < 1.29 is 13.9 Å². The highest BCUT2D eigenvalue weighted by Gasteiger charge is 2.26. The minimum atomic E-state index is 0.160. The lowest BCUT2D eigenvalue weighted by Gasteiger charge is -2.36. The zero-order chi connectivity index (χ0) is 19.9. The summed E-state index contributed by atoms with van der Waals surface area (Å²) >= 11 is 0. The number of ether oxygens (including phenoxy) is 1. The number of furan rings is 1. The third-order valence-corrected chi connectivity index (χ3v) is 5.74. The van der Waals surface area contributed by atoms with E-state index in [0.717, 1.165) is 89.9 Å². The van der Waals surface area contributed by atoms with Crippen LogP contribution in [0.15, 0.2) is 27.8 Å². The third kappa shape index (κ3) is 6.47. The van der Waals surface area contributed by atoms with Crippen molar-refractivity contribution in [3.63, 3.8) is 0 Å². The Labute approximate surface area is 172 Å². The van der Waals surface area contributed by atoms with E-state index in [1.807, 2.05) is 12.1 Å². The number of nitrogens with zero attached hydrogens (tertiary/aromatic N) is 3. The number of rotatable bonds is 8. The molecule has 0 radical (unpaired) electrons. The van der Waals surface area contributed by atoms with Gasteiger partial charge in [0.1, 0.15) is 5.76 Å². The topological polar surface area (TPSA) is 82.3 Å². The van der Waals surface area contributed by atoms with Gasteiger partial charge in [0.2, 0.25) is 5.91 Å². The lowest BCUT2D eigenvalue weighted by Crippen LogP contribution is -2.54. The van der Waals surface area contributed by atoms with Gasteiger partial charge in [0.15, 0.2) is 5.96 Å². The first kappa shape index (κ1) is 20.2. The van der Waals surface area contributed by atoms with Crippen LogP contribution < -0.4 is 10.6 Å². The van der Waals surface area contributed by atoms with E-state index in [1.54, 1.807) is 6.26 Å². The summed E-state index contributed by atoms with van der Waals surface area (Å²) in [5.41, 5.74) is 0. The lowest BCUT2D eigenvalue weighted by molar-refractivity contribution is -0.122. The fourth-order valence-electron chi connectivity index (χ4n) is 3.78. The van der Waals surface area contributed by atoms with Crippen LogP contribution in [0.5, 0.6) is 0 Å². The molecule has 29 heavy (non-hydrogen) atoms. The second-order valence-corrected chi connectivity index (χ2v) is 8.26. The molecule has 8 heteroatoms. The van der Waals surface area contributed by atoms with Crippen molar-refractivity contribution in [2.75, 3.05) is 59.0 Å². The first-order valence-electron chi connectivity index (χ1n) is 10.9. The number of hydrogen-bond acceptors (Lipinski definition) is 5. The van der Waals surface area contributed by atoms with Crippen LogP contribution in [0.25, 0.3) is 0 Å². The molecule has 1 aromatic heterocycles. The van der Waals surface area contributed by atoms with Gasteiger partial charge in [0.25, 0.3) is 0 Å². The molecule has 160 valence electrons. The van der Waals surface area contributed by atoms with Crippen molar-refractivity contribution in [3.05, 3.63) is 24.2 Å². The van der Waals surface area contributed by atoms with Gasteiger partial charge in [-0.1, -0.05) is 0 Å². The minimum absolute atomic E-state index is 0.160. The molecule has 1 atom stereocenters. The molecular weight excluding hydrogens is 370 g/mol. The summed E-state index contributed by atoms with van der Waals surface area (Å²) < 4.78 is 10.9.